The fourth-order valence-corrected chi connectivity index (χ4v) is 5.07. The number of tetrazole rings is 1. The van der Waals surface area contributed by atoms with E-state index in [9.17, 15) is 9.59 Å². The molecule has 1 aliphatic rings. The number of rotatable bonds is 6. The first-order valence-corrected chi connectivity index (χ1v) is 12.1. The molecule has 10 nitrogen and oxygen atoms in total. The first-order chi connectivity index (χ1) is 17.5. The SMILES string of the molecule is Cl.Cl.Cl.NC[C@]1(c2cccc(Cl)c2)CC[C@@H](n2nc(-c3cccc(C(=O)Nc4nn[nH]n4)c3)ccc2=O)CC1. The van der Waals surface area contributed by atoms with Gasteiger partial charge in [-0.1, -0.05) is 41.0 Å². The Hall–Kier alpha value is -3.02. The van der Waals surface area contributed by atoms with E-state index < -0.39 is 0 Å². The number of hydrogen-bond donors (Lipinski definition) is 3. The third kappa shape index (κ3) is 6.95. The lowest BCUT2D eigenvalue weighted by atomic mass is 9.68. The Morgan fingerprint density at radius 1 is 1.08 bits per heavy atom. The first-order valence-electron chi connectivity index (χ1n) is 11.7. The average Bonchev–Trinajstić information content (AvgIpc) is 3.42. The molecular weight excluding hydrogens is 586 g/mol. The van der Waals surface area contributed by atoms with Crippen LogP contribution in [0.25, 0.3) is 11.3 Å². The van der Waals surface area contributed by atoms with Crippen molar-refractivity contribution >= 4 is 60.7 Å². The summed E-state index contributed by atoms with van der Waals surface area (Å²) >= 11 is 6.24. The van der Waals surface area contributed by atoms with Crippen molar-refractivity contribution in [2.45, 2.75) is 37.1 Å². The Labute approximate surface area is 248 Å². The number of H-pyrrole nitrogens is 1. The molecule has 1 fully saturated rings. The third-order valence-corrected chi connectivity index (χ3v) is 7.14. The molecule has 4 N–H and O–H groups in total. The molecule has 5 rings (SSSR count). The van der Waals surface area contributed by atoms with Crippen LogP contribution >= 0.6 is 48.8 Å². The summed E-state index contributed by atoms with van der Waals surface area (Å²) < 4.78 is 1.57. The molecule has 208 valence electrons. The monoisotopic (exact) mass is 612 g/mol. The number of halogens is 4. The minimum Gasteiger partial charge on any atom is -0.330 e. The number of nitrogens with two attached hydrogens (primary N) is 1. The largest absolute Gasteiger partial charge is 0.330 e. The zero-order valence-electron chi connectivity index (χ0n) is 20.6. The van der Waals surface area contributed by atoms with Crippen molar-refractivity contribution in [2.24, 2.45) is 5.73 Å². The topological polar surface area (TPSA) is 144 Å². The van der Waals surface area contributed by atoms with Gasteiger partial charge in [0.1, 0.15) is 0 Å². The van der Waals surface area contributed by atoms with Crippen LogP contribution in [0.2, 0.25) is 5.02 Å². The fourth-order valence-electron chi connectivity index (χ4n) is 4.88. The highest BCUT2D eigenvalue weighted by atomic mass is 35.5. The summed E-state index contributed by atoms with van der Waals surface area (Å²) in [6, 6.07) is 18.0. The number of amides is 1. The van der Waals surface area contributed by atoms with Crippen LogP contribution in [0, 0.1) is 0 Å². The van der Waals surface area contributed by atoms with E-state index in [2.05, 4.69) is 37.1 Å². The standard InChI is InChI=1S/C25H25ClN8O2.3ClH/c26-19-6-2-5-18(14-19)25(15-27)11-9-20(10-12-25)34-22(35)8-7-21(31-34)16-3-1-4-17(13-16)23(36)28-24-29-32-33-30-24;;;/h1-8,13-14,20H,9-12,15,27H2,(H2,28,29,30,32,33,36);3*1H/t20-,25+;;;. The van der Waals surface area contributed by atoms with E-state index in [4.69, 9.17) is 17.3 Å². The van der Waals surface area contributed by atoms with Crippen LogP contribution in [0.3, 0.4) is 0 Å². The summed E-state index contributed by atoms with van der Waals surface area (Å²) in [5.74, 6) is -0.293. The zero-order chi connectivity index (χ0) is 25.1. The predicted molar refractivity (Wildman–Crippen MR) is 157 cm³/mol. The first kappa shape index (κ1) is 32.2. The third-order valence-electron chi connectivity index (χ3n) is 6.90. The molecule has 2 heterocycles. The Bertz CT molecular complexity index is 1440. The summed E-state index contributed by atoms with van der Waals surface area (Å²) in [6.45, 7) is 0.515. The molecular formula is C25H28Cl4N8O2. The molecule has 4 aromatic rings. The predicted octanol–water partition coefficient (Wildman–Crippen LogP) is 4.61. The van der Waals surface area contributed by atoms with Crippen LogP contribution < -0.4 is 16.6 Å². The minimum atomic E-state index is -0.377. The number of nitrogens with zero attached hydrogens (tertiary/aromatic N) is 5. The maximum Gasteiger partial charge on any atom is 0.270 e. The van der Waals surface area contributed by atoms with E-state index >= 15 is 0 Å². The van der Waals surface area contributed by atoms with Gasteiger partial charge in [-0.3, -0.25) is 14.9 Å². The second-order valence-electron chi connectivity index (χ2n) is 9.00. The van der Waals surface area contributed by atoms with E-state index in [0.717, 1.165) is 36.8 Å². The number of carbonyl (C=O) groups excluding carboxylic acids is 1. The van der Waals surface area contributed by atoms with Crippen molar-refractivity contribution in [3.63, 3.8) is 0 Å². The Kier molecular flexibility index (Phi) is 11.4. The summed E-state index contributed by atoms with van der Waals surface area (Å²) in [4.78, 5) is 25.3. The minimum absolute atomic E-state index is 0. The van der Waals surface area contributed by atoms with Gasteiger partial charge >= 0.3 is 0 Å². The summed E-state index contributed by atoms with van der Waals surface area (Å²) in [5, 5.41) is 21.1. The molecule has 2 aromatic heterocycles. The normalized spacial score (nSPS) is 18.2. The Morgan fingerprint density at radius 2 is 1.82 bits per heavy atom. The smallest absolute Gasteiger partial charge is 0.270 e. The maximum absolute atomic E-state index is 12.8. The molecule has 0 spiro atoms. The number of nitrogens with one attached hydrogen (secondary N) is 2. The number of aromatic amines is 1. The van der Waals surface area contributed by atoms with E-state index in [1.54, 1.807) is 28.9 Å². The molecule has 2 aromatic carbocycles. The van der Waals surface area contributed by atoms with E-state index in [0.29, 0.717) is 22.8 Å². The lowest BCUT2D eigenvalue weighted by Gasteiger charge is -2.40. The van der Waals surface area contributed by atoms with Gasteiger partial charge in [0.05, 0.1) is 11.7 Å². The van der Waals surface area contributed by atoms with Crippen LogP contribution in [0.4, 0.5) is 5.95 Å². The molecule has 14 heteroatoms. The van der Waals surface area contributed by atoms with Gasteiger partial charge in [0.2, 0.25) is 0 Å². The molecule has 0 saturated heterocycles. The van der Waals surface area contributed by atoms with Crippen molar-refractivity contribution in [2.75, 3.05) is 11.9 Å². The number of anilines is 1. The van der Waals surface area contributed by atoms with Crippen molar-refractivity contribution in [1.29, 1.82) is 0 Å². The van der Waals surface area contributed by atoms with Crippen LogP contribution in [0.1, 0.15) is 47.6 Å². The molecule has 1 saturated carbocycles. The summed E-state index contributed by atoms with van der Waals surface area (Å²) in [7, 11) is 0. The molecule has 0 unspecified atom stereocenters. The van der Waals surface area contributed by atoms with Crippen LogP contribution in [0.15, 0.2) is 65.5 Å². The molecule has 1 aliphatic carbocycles. The van der Waals surface area contributed by atoms with Crippen LogP contribution in [-0.4, -0.2) is 42.9 Å². The molecule has 0 radical (unpaired) electrons. The van der Waals surface area contributed by atoms with E-state index in [1.807, 2.05) is 24.3 Å². The number of aromatic nitrogens is 6. The highest BCUT2D eigenvalue weighted by molar-refractivity contribution is 6.30. The second-order valence-corrected chi connectivity index (χ2v) is 9.43. The van der Waals surface area contributed by atoms with Gasteiger partial charge < -0.3 is 5.73 Å². The summed E-state index contributed by atoms with van der Waals surface area (Å²) in [6.07, 6.45) is 3.21. The highest BCUT2D eigenvalue weighted by Crippen LogP contribution is 2.42. The molecule has 0 aliphatic heterocycles. The van der Waals surface area contributed by atoms with Crippen molar-refractivity contribution in [3.05, 3.63) is 87.2 Å². The lowest BCUT2D eigenvalue weighted by Crippen LogP contribution is -2.41. The highest BCUT2D eigenvalue weighted by Gasteiger charge is 2.37. The number of carbonyl (C=O) groups is 1. The molecule has 39 heavy (non-hydrogen) atoms. The summed E-state index contributed by atoms with van der Waals surface area (Å²) in [5.41, 5.74) is 8.79. The lowest BCUT2D eigenvalue weighted by molar-refractivity contribution is 0.102. The average molecular weight is 614 g/mol. The molecule has 0 bridgehead atoms. The van der Waals surface area contributed by atoms with Gasteiger partial charge in [-0.05, 0) is 66.8 Å². The van der Waals surface area contributed by atoms with E-state index in [1.165, 1.54) is 6.07 Å². The Balaban J connectivity index is 0.00000178. The van der Waals surface area contributed by atoms with Gasteiger partial charge in [0.25, 0.3) is 17.4 Å². The fraction of sp³-hybridized carbons (Fsp3) is 0.280. The van der Waals surface area contributed by atoms with Gasteiger partial charge in [0, 0.05) is 34.2 Å². The number of hydrogen-bond acceptors (Lipinski definition) is 7. The van der Waals surface area contributed by atoms with E-state index in [-0.39, 0.29) is 66.1 Å². The quantitative estimate of drug-likeness (QED) is 0.288. The van der Waals surface area contributed by atoms with Gasteiger partial charge in [-0.2, -0.15) is 10.3 Å². The van der Waals surface area contributed by atoms with Crippen molar-refractivity contribution in [3.8, 4) is 11.3 Å². The van der Waals surface area contributed by atoms with Crippen LogP contribution in [0.5, 0.6) is 0 Å². The molecule has 0 atom stereocenters. The van der Waals surface area contributed by atoms with Gasteiger partial charge in [-0.25, -0.2) is 4.68 Å². The van der Waals surface area contributed by atoms with Gasteiger partial charge in [0.15, 0.2) is 0 Å². The van der Waals surface area contributed by atoms with Crippen LogP contribution in [-0.2, 0) is 5.41 Å². The Morgan fingerprint density at radius 3 is 2.49 bits per heavy atom. The van der Waals surface area contributed by atoms with Crippen molar-refractivity contribution in [1.82, 2.24) is 30.4 Å². The number of benzene rings is 2. The van der Waals surface area contributed by atoms with Gasteiger partial charge in [-0.15, -0.1) is 42.3 Å². The maximum atomic E-state index is 12.8. The molecule has 1 amide bonds. The van der Waals surface area contributed by atoms with Crippen molar-refractivity contribution < 1.29 is 4.79 Å². The second kappa shape index (κ2) is 13.9. The zero-order valence-corrected chi connectivity index (χ0v) is 23.8.